The molecule has 0 spiro atoms. The van der Waals surface area contributed by atoms with Crippen molar-refractivity contribution in [3.63, 3.8) is 0 Å². The minimum atomic E-state index is -4.13. The first-order valence-corrected chi connectivity index (χ1v) is 9.46. The summed E-state index contributed by atoms with van der Waals surface area (Å²) in [7, 11) is -3.14. The van der Waals surface area contributed by atoms with Crippen molar-refractivity contribution in [2.75, 3.05) is 31.9 Å². The van der Waals surface area contributed by atoms with Crippen LogP contribution >= 0.6 is 0 Å². The van der Waals surface area contributed by atoms with E-state index < -0.39 is 27.2 Å². The van der Waals surface area contributed by atoms with Crippen LogP contribution in [0.4, 0.5) is 13.2 Å². The van der Waals surface area contributed by atoms with Gasteiger partial charge in [0.1, 0.15) is 0 Å². The summed E-state index contributed by atoms with van der Waals surface area (Å²) < 4.78 is 59.5. The van der Waals surface area contributed by atoms with E-state index in [2.05, 4.69) is 10.3 Å². The van der Waals surface area contributed by atoms with Crippen LogP contribution in [0.25, 0.3) is 0 Å². The van der Waals surface area contributed by atoms with E-state index in [1.54, 1.807) is 13.8 Å². The molecule has 0 unspecified atom stereocenters. The molecule has 136 valence electrons. The van der Waals surface area contributed by atoms with Crippen molar-refractivity contribution in [3.05, 3.63) is 0 Å². The van der Waals surface area contributed by atoms with Crippen molar-refractivity contribution in [1.29, 1.82) is 0 Å². The third-order valence-corrected chi connectivity index (χ3v) is 6.34. The van der Waals surface area contributed by atoms with Gasteiger partial charge in [-0.3, -0.25) is 4.99 Å². The Balaban J connectivity index is 2.62. The molecule has 1 rings (SSSR count). The van der Waals surface area contributed by atoms with E-state index in [0.717, 1.165) is 0 Å². The lowest BCUT2D eigenvalue weighted by molar-refractivity contribution is -0.135. The van der Waals surface area contributed by atoms with Gasteiger partial charge >= 0.3 is 6.18 Å². The first kappa shape index (κ1) is 20.1. The number of hydrogen-bond donors (Lipinski definition) is 1. The molecule has 0 aromatic rings. The van der Waals surface area contributed by atoms with Crippen LogP contribution in [0, 0.1) is 0 Å². The SMILES string of the molecule is CCNC(=NCCCCC(F)(F)F)N1CCS(=O)(=O)C(C)(C)C1. The highest BCUT2D eigenvalue weighted by molar-refractivity contribution is 7.92. The molecule has 0 amide bonds. The molecule has 1 heterocycles. The molecule has 5 nitrogen and oxygen atoms in total. The molecule has 9 heteroatoms. The standard InChI is InChI=1S/C14H26F3N3O2S/c1-4-18-12(19-8-6-5-7-14(15,16)17)20-9-10-23(21,22)13(2,3)11-20/h4-11H2,1-3H3,(H,18,19). The molecule has 0 atom stereocenters. The summed E-state index contributed by atoms with van der Waals surface area (Å²) in [6.45, 7) is 6.84. The molecular weight excluding hydrogens is 331 g/mol. The van der Waals surface area contributed by atoms with Gasteiger partial charge in [0.15, 0.2) is 15.8 Å². The molecule has 1 aliphatic rings. The van der Waals surface area contributed by atoms with Crippen LogP contribution < -0.4 is 5.32 Å². The highest BCUT2D eigenvalue weighted by Gasteiger charge is 2.40. The zero-order chi connectivity index (χ0) is 17.7. The van der Waals surface area contributed by atoms with Crippen molar-refractivity contribution in [2.45, 2.75) is 51.0 Å². The molecule has 0 saturated carbocycles. The van der Waals surface area contributed by atoms with Crippen LogP contribution in [0.5, 0.6) is 0 Å². The first-order chi connectivity index (χ1) is 10.5. The number of unbranched alkanes of at least 4 members (excludes halogenated alkanes) is 1. The molecule has 0 aromatic carbocycles. The molecule has 0 radical (unpaired) electrons. The van der Waals surface area contributed by atoms with Crippen LogP contribution in [0.3, 0.4) is 0 Å². The fourth-order valence-corrected chi connectivity index (χ4v) is 3.74. The Bertz CT molecular complexity index is 516. The molecule has 23 heavy (non-hydrogen) atoms. The Morgan fingerprint density at radius 2 is 1.96 bits per heavy atom. The third-order valence-electron chi connectivity index (χ3n) is 3.81. The Hall–Kier alpha value is -0.990. The zero-order valence-corrected chi connectivity index (χ0v) is 14.7. The Morgan fingerprint density at radius 1 is 1.30 bits per heavy atom. The van der Waals surface area contributed by atoms with E-state index in [1.807, 2.05) is 11.8 Å². The second-order valence-corrected chi connectivity index (χ2v) is 9.05. The lowest BCUT2D eigenvalue weighted by atomic mass is 10.2. The molecule has 0 aromatic heterocycles. The van der Waals surface area contributed by atoms with Gasteiger partial charge in [0.05, 0.1) is 10.5 Å². The van der Waals surface area contributed by atoms with Crippen molar-refractivity contribution in [3.8, 4) is 0 Å². The molecular formula is C14H26F3N3O2S. The molecule has 1 N–H and O–H groups in total. The molecule has 0 aliphatic carbocycles. The van der Waals surface area contributed by atoms with Gasteiger partial charge in [0.2, 0.25) is 0 Å². The topological polar surface area (TPSA) is 61.8 Å². The van der Waals surface area contributed by atoms with Gasteiger partial charge in [0, 0.05) is 32.6 Å². The van der Waals surface area contributed by atoms with Gasteiger partial charge in [-0.05, 0) is 33.6 Å². The summed E-state index contributed by atoms with van der Waals surface area (Å²) in [5.41, 5.74) is 0. The molecule has 1 aliphatic heterocycles. The van der Waals surface area contributed by atoms with Crippen molar-refractivity contribution >= 4 is 15.8 Å². The maximum atomic E-state index is 12.1. The van der Waals surface area contributed by atoms with E-state index in [-0.39, 0.29) is 12.2 Å². The van der Waals surface area contributed by atoms with Crippen molar-refractivity contribution in [1.82, 2.24) is 10.2 Å². The van der Waals surface area contributed by atoms with Crippen LogP contribution in [0.2, 0.25) is 0 Å². The lowest BCUT2D eigenvalue weighted by Gasteiger charge is -2.39. The molecule has 0 bridgehead atoms. The largest absolute Gasteiger partial charge is 0.389 e. The number of alkyl halides is 3. The van der Waals surface area contributed by atoms with Gasteiger partial charge in [-0.25, -0.2) is 8.42 Å². The van der Waals surface area contributed by atoms with E-state index in [1.165, 1.54) is 0 Å². The monoisotopic (exact) mass is 357 g/mol. The lowest BCUT2D eigenvalue weighted by Crippen LogP contribution is -2.57. The fourth-order valence-electron chi connectivity index (χ4n) is 2.37. The molecule has 1 fully saturated rings. The van der Waals surface area contributed by atoms with Crippen LogP contribution in [-0.2, 0) is 9.84 Å². The highest BCUT2D eigenvalue weighted by atomic mass is 32.2. The number of nitrogens with one attached hydrogen (secondary N) is 1. The Kier molecular flexibility index (Phi) is 6.73. The number of rotatable bonds is 5. The predicted octanol–water partition coefficient (Wildman–Crippen LogP) is 2.19. The summed E-state index contributed by atoms with van der Waals surface area (Å²) in [6.07, 6.45) is -4.52. The zero-order valence-electron chi connectivity index (χ0n) is 13.9. The quantitative estimate of drug-likeness (QED) is 0.465. The minimum absolute atomic E-state index is 0.0479. The van der Waals surface area contributed by atoms with Crippen molar-refractivity contribution < 1.29 is 21.6 Å². The average Bonchev–Trinajstić information content (AvgIpc) is 2.39. The van der Waals surface area contributed by atoms with Gasteiger partial charge in [-0.1, -0.05) is 0 Å². The van der Waals surface area contributed by atoms with Gasteiger partial charge in [-0.15, -0.1) is 0 Å². The fraction of sp³-hybridized carbons (Fsp3) is 0.929. The summed E-state index contributed by atoms with van der Waals surface area (Å²) >= 11 is 0. The second-order valence-electron chi connectivity index (χ2n) is 6.31. The number of guanidine groups is 1. The molecule has 1 saturated heterocycles. The minimum Gasteiger partial charge on any atom is -0.357 e. The van der Waals surface area contributed by atoms with Crippen LogP contribution in [0.15, 0.2) is 4.99 Å². The predicted molar refractivity (Wildman–Crippen MR) is 85.3 cm³/mol. The van der Waals surface area contributed by atoms with E-state index in [0.29, 0.717) is 38.6 Å². The maximum Gasteiger partial charge on any atom is 0.389 e. The van der Waals surface area contributed by atoms with E-state index >= 15 is 0 Å². The third kappa shape index (κ3) is 6.19. The van der Waals surface area contributed by atoms with Crippen molar-refractivity contribution in [2.24, 2.45) is 4.99 Å². The average molecular weight is 357 g/mol. The summed E-state index contributed by atoms with van der Waals surface area (Å²) in [5, 5.41) is 3.08. The van der Waals surface area contributed by atoms with E-state index in [9.17, 15) is 21.6 Å². The highest BCUT2D eigenvalue weighted by Crippen LogP contribution is 2.24. The maximum absolute atomic E-state index is 12.1. The van der Waals surface area contributed by atoms with Crippen LogP contribution in [0.1, 0.15) is 40.0 Å². The number of halogens is 3. The Morgan fingerprint density at radius 3 is 2.48 bits per heavy atom. The van der Waals surface area contributed by atoms with Gasteiger partial charge in [0.25, 0.3) is 0 Å². The van der Waals surface area contributed by atoms with E-state index in [4.69, 9.17) is 0 Å². The van der Waals surface area contributed by atoms with Gasteiger partial charge in [-0.2, -0.15) is 13.2 Å². The summed E-state index contributed by atoms with van der Waals surface area (Å²) in [6, 6.07) is 0. The summed E-state index contributed by atoms with van der Waals surface area (Å²) in [5.74, 6) is 0.626. The van der Waals surface area contributed by atoms with Gasteiger partial charge < -0.3 is 10.2 Å². The normalized spacial score (nSPS) is 21.3. The van der Waals surface area contributed by atoms with Crippen LogP contribution in [-0.4, -0.2) is 62.1 Å². The number of aliphatic imine (C=N–C) groups is 1. The number of sulfone groups is 1. The smallest absolute Gasteiger partial charge is 0.357 e. The summed E-state index contributed by atoms with van der Waals surface area (Å²) in [4.78, 5) is 6.21. The Labute approximate surface area is 136 Å². The number of nitrogens with zero attached hydrogens (tertiary/aromatic N) is 2. The second kappa shape index (κ2) is 7.72. The number of hydrogen-bond acceptors (Lipinski definition) is 3. The first-order valence-electron chi connectivity index (χ1n) is 7.81.